The zero-order valence-corrected chi connectivity index (χ0v) is 40.6. The van der Waals surface area contributed by atoms with Gasteiger partial charge in [-0.3, -0.25) is 14.9 Å². The highest BCUT2D eigenvalue weighted by Crippen LogP contribution is 2.69. The van der Waals surface area contributed by atoms with Crippen LogP contribution in [0.25, 0.3) is 10.9 Å². The first kappa shape index (κ1) is 44.0. The van der Waals surface area contributed by atoms with Gasteiger partial charge in [-0.1, -0.05) is 80.5 Å². The number of ketones is 1. The van der Waals surface area contributed by atoms with Crippen molar-refractivity contribution in [2.24, 2.45) is 46.3 Å². The van der Waals surface area contributed by atoms with E-state index in [0.29, 0.717) is 59.0 Å². The second-order valence-corrected chi connectivity index (χ2v) is 33.2. The number of hydrogen-bond acceptors (Lipinski definition) is 5. The summed E-state index contributed by atoms with van der Waals surface area (Å²) in [5.74, 6) is 4.01. The van der Waals surface area contributed by atoms with E-state index in [-0.39, 0.29) is 37.4 Å². The first-order valence-corrected chi connectivity index (χ1v) is 29.0. The quantitative estimate of drug-likeness (QED) is 0.0921. The number of nitrogens with zero attached hydrogens (tertiary/aromatic N) is 2. The third-order valence-electron chi connectivity index (χ3n) is 18.4. The Hall–Kier alpha value is -2.08. The second kappa shape index (κ2) is 15.1. The van der Waals surface area contributed by atoms with Crippen LogP contribution in [0.4, 0.5) is 5.69 Å². The van der Waals surface area contributed by atoms with Gasteiger partial charge >= 0.3 is 0 Å². The van der Waals surface area contributed by atoms with Crippen LogP contribution in [-0.4, -0.2) is 44.1 Å². The number of fused-ring (bicyclic) bond motifs is 6. The molecule has 58 heavy (non-hydrogen) atoms. The number of hydrogen-bond donors (Lipinski definition) is 0. The van der Waals surface area contributed by atoms with Gasteiger partial charge in [-0.05, 0) is 171 Å². The molecule has 7 rings (SSSR count). The maximum Gasteiger partial charge on any atom is 0.294 e. The van der Waals surface area contributed by atoms with E-state index in [1.807, 2.05) is 34.9 Å². The first-order valence-electron chi connectivity index (χ1n) is 23.2. The summed E-state index contributed by atoms with van der Waals surface area (Å²) >= 11 is 0. The molecule has 5 fully saturated rings. The Labute approximate surface area is 353 Å². The lowest BCUT2D eigenvalue weighted by molar-refractivity contribution is -0.383. The van der Waals surface area contributed by atoms with E-state index in [2.05, 4.69) is 88.5 Å². The smallest absolute Gasteiger partial charge is 0.294 e. The van der Waals surface area contributed by atoms with Gasteiger partial charge in [-0.15, -0.1) is 0 Å². The molecule has 0 unspecified atom stereocenters. The van der Waals surface area contributed by atoms with Gasteiger partial charge in [0.25, 0.3) is 5.69 Å². The molecule has 2 aromatic rings. The van der Waals surface area contributed by atoms with Crippen LogP contribution in [0.1, 0.15) is 139 Å². The predicted octanol–water partition coefficient (Wildman–Crippen LogP) is 13.6. The van der Waals surface area contributed by atoms with Gasteiger partial charge in [-0.25, -0.2) is 0 Å². The normalized spacial score (nSPS) is 34.4. The van der Waals surface area contributed by atoms with Crippen LogP contribution in [0.15, 0.2) is 42.6 Å². The maximum absolute atomic E-state index is 13.5. The average molecular weight is 831 g/mol. The van der Waals surface area contributed by atoms with Gasteiger partial charge < -0.3 is 13.4 Å². The molecule has 1 aromatic heterocycles. The summed E-state index contributed by atoms with van der Waals surface area (Å²) in [6.45, 7) is 31.9. The molecule has 322 valence electrons. The lowest BCUT2D eigenvalue weighted by atomic mass is 9.43. The van der Waals surface area contributed by atoms with Crippen molar-refractivity contribution in [3.8, 4) is 0 Å². The molecule has 0 radical (unpaired) electrons. The van der Waals surface area contributed by atoms with Gasteiger partial charge in [0.2, 0.25) is 0 Å². The Morgan fingerprint density at radius 1 is 0.879 bits per heavy atom. The van der Waals surface area contributed by atoms with Crippen molar-refractivity contribution in [2.75, 3.05) is 0 Å². The van der Waals surface area contributed by atoms with E-state index in [0.717, 1.165) is 37.1 Å². The summed E-state index contributed by atoms with van der Waals surface area (Å²) in [6.07, 6.45) is 19.4. The van der Waals surface area contributed by atoms with Crippen molar-refractivity contribution in [2.45, 2.75) is 193 Å². The Bertz CT molecular complexity index is 1900. The Balaban J connectivity index is 1.05. The monoisotopic (exact) mass is 831 g/mol. The fourth-order valence-electron chi connectivity index (χ4n) is 12.8. The standard InChI is InChI=1S/C49H78N2O5Si2/c1-33(18-19-34(52)22-27-49(28-29-49)50-32-43(51(53)54)36-16-14-15-17-42(36)50)38-20-21-39-37-31-44(56-58(12,13)46(5,6)7)41-30-35(55-57(10,11)45(2,3)4)23-25-48(41,9)40(37)24-26-47(38,39)8/h14-17,22,27,32-33,35,37-41,44H,18-21,23-26,28-31H2,1-13H3/b27-22+/t33-,35-,37+,38-,39+,40+,41+,44+,47-,48-/m1/s1. The zero-order chi connectivity index (χ0) is 42.4. The number of aromatic nitrogens is 1. The minimum absolute atomic E-state index is 0.132. The van der Waals surface area contributed by atoms with Crippen LogP contribution in [0.3, 0.4) is 0 Å². The number of rotatable bonds is 12. The lowest BCUT2D eigenvalue weighted by Gasteiger charge is -2.64. The molecule has 7 nitrogen and oxygen atoms in total. The van der Waals surface area contributed by atoms with Crippen LogP contribution in [0.2, 0.25) is 36.3 Å². The summed E-state index contributed by atoms with van der Waals surface area (Å²) in [4.78, 5) is 25.1. The number of nitro groups is 1. The van der Waals surface area contributed by atoms with Crippen LogP contribution in [0, 0.1) is 56.5 Å². The molecule has 5 saturated carbocycles. The molecule has 0 saturated heterocycles. The van der Waals surface area contributed by atoms with Crippen LogP contribution in [0.5, 0.6) is 0 Å². The Morgan fingerprint density at radius 2 is 1.50 bits per heavy atom. The highest BCUT2D eigenvalue weighted by atomic mass is 28.4. The number of carbonyl (C=O) groups is 1. The maximum atomic E-state index is 13.5. The van der Waals surface area contributed by atoms with Crippen molar-refractivity contribution in [1.29, 1.82) is 0 Å². The molecule has 0 amide bonds. The molecule has 5 aliphatic rings. The fraction of sp³-hybridized carbons (Fsp3) is 0.776. The largest absolute Gasteiger partial charge is 0.414 e. The number of benzene rings is 1. The molecule has 0 aliphatic heterocycles. The summed E-state index contributed by atoms with van der Waals surface area (Å²) in [5.41, 5.74) is 1.23. The lowest BCUT2D eigenvalue weighted by Crippen LogP contribution is -2.61. The van der Waals surface area contributed by atoms with Crippen molar-refractivity contribution in [1.82, 2.24) is 4.57 Å². The average Bonchev–Trinajstić information content (AvgIpc) is 3.66. The van der Waals surface area contributed by atoms with Gasteiger partial charge in [-0.2, -0.15) is 0 Å². The van der Waals surface area contributed by atoms with Gasteiger partial charge in [0, 0.05) is 18.6 Å². The zero-order valence-electron chi connectivity index (χ0n) is 38.6. The molecule has 0 N–H and O–H groups in total. The molecule has 0 spiro atoms. The minimum atomic E-state index is -2.01. The third-order valence-corrected chi connectivity index (χ3v) is 27.5. The van der Waals surface area contributed by atoms with Crippen molar-refractivity contribution >= 4 is 39.0 Å². The molecule has 5 aliphatic carbocycles. The van der Waals surface area contributed by atoms with Gasteiger partial charge in [0.05, 0.1) is 27.6 Å². The van der Waals surface area contributed by atoms with Crippen molar-refractivity contribution in [3.63, 3.8) is 0 Å². The highest BCUT2D eigenvalue weighted by molar-refractivity contribution is 6.74. The SMILES string of the molecule is C[C@H](CCC(=O)/C=C/C1(n2cc([N+](=O)[O-])c3ccccc32)CC1)[C@H]1CC[C@H]2[C@@H]3C[C@H](O[Si](C)(C)C(C)(C)C)[C@@H]4C[C@H](O[Si](C)(C)C(C)(C)C)CC[C@]4(C)[C@H]3CC[C@]12C. The molecule has 1 aromatic carbocycles. The van der Waals surface area contributed by atoms with Crippen molar-refractivity contribution < 1.29 is 18.6 Å². The number of para-hydroxylation sites is 1. The molecular formula is C49H78N2O5Si2. The van der Waals surface area contributed by atoms with Crippen molar-refractivity contribution in [3.05, 3.63) is 52.7 Å². The van der Waals surface area contributed by atoms with E-state index >= 15 is 0 Å². The van der Waals surface area contributed by atoms with Crippen LogP contribution >= 0.6 is 0 Å². The second-order valence-electron chi connectivity index (χ2n) is 23.7. The number of carbonyl (C=O) groups excluding carboxylic acids is 1. The third kappa shape index (κ3) is 7.71. The van der Waals surface area contributed by atoms with E-state index in [9.17, 15) is 14.9 Å². The van der Waals surface area contributed by atoms with E-state index in [1.165, 1.54) is 44.9 Å². The van der Waals surface area contributed by atoms with E-state index < -0.39 is 16.6 Å². The molecule has 10 atom stereocenters. The van der Waals surface area contributed by atoms with Gasteiger partial charge in [0.15, 0.2) is 22.4 Å². The molecule has 1 heterocycles. The summed E-state index contributed by atoms with van der Waals surface area (Å²) in [5, 5.41) is 12.9. The first-order chi connectivity index (χ1) is 26.8. The fourth-order valence-corrected chi connectivity index (χ4v) is 15.6. The van der Waals surface area contributed by atoms with Gasteiger partial charge in [0.1, 0.15) is 0 Å². The minimum Gasteiger partial charge on any atom is -0.414 e. The molecule has 9 heteroatoms. The Kier molecular flexibility index (Phi) is 11.4. The van der Waals surface area contributed by atoms with E-state index in [4.69, 9.17) is 8.85 Å². The van der Waals surface area contributed by atoms with Crippen LogP contribution in [-0.2, 0) is 19.2 Å². The summed E-state index contributed by atoms with van der Waals surface area (Å²) in [7, 11) is -3.89. The predicted molar refractivity (Wildman–Crippen MR) is 243 cm³/mol. The molecule has 0 bridgehead atoms. The topological polar surface area (TPSA) is 83.6 Å². The number of allylic oxidation sites excluding steroid dienone is 2. The van der Waals surface area contributed by atoms with Crippen LogP contribution < -0.4 is 0 Å². The van der Waals surface area contributed by atoms with E-state index in [1.54, 1.807) is 12.3 Å². The molecular weight excluding hydrogens is 753 g/mol. The summed E-state index contributed by atoms with van der Waals surface area (Å²) < 4.78 is 16.9. The summed E-state index contributed by atoms with van der Waals surface area (Å²) in [6, 6.07) is 7.55. The highest BCUT2D eigenvalue weighted by Gasteiger charge is 2.64. The Morgan fingerprint density at radius 3 is 2.14 bits per heavy atom.